The third-order valence-electron chi connectivity index (χ3n) is 2.86. The SMILES string of the molecule is CC(C)(C#N)N(C(=O)c1ccc(Cl)nn1)C1CC1. The van der Waals surface area contributed by atoms with E-state index in [0.717, 1.165) is 12.8 Å². The van der Waals surface area contributed by atoms with Crippen LogP contribution >= 0.6 is 11.6 Å². The van der Waals surface area contributed by atoms with Gasteiger partial charge in [-0.1, -0.05) is 11.6 Å². The number of amides is 1. The van der Waals surface area contributed by atoms with E-state index in [0.29, 0.717) is 0 Å². The van der Waals surface area contributed by atoms with Gasteiger partial charge < -0.3 is 4.90 Å². The summed E-state index contributed by atoms with van der Waals surface area (Å²) in [5.74, 6) is -0.270. The van der Waals surface area contributed by atoms with Gasteiger partial charge in [-0.2, -0.15) is 5.26 Å². The van der Waals surface area contributed by atoms with E-state index in [-0.39, 0.29) is 22.8 Å². The zero-order valence-corrected chi connectivity index (χ0v) is 11.0. The quantitative estimate of drug-likeness (QED) is 0.838. The van der Waals surface area contributed by atoms with E-state index >= 15 is 0 Å². The topological polar surface area (TPSA) is 69.9 Å². The van der Waals surface area contributed by atoms with Crippen LogP contribution in [0.15, 0.2) is 12.1 Å². The Kier molecular flexibility index (Phi) is 3.22. The average molecular weight is 265 g/mol. The third kappa shape index (κ3) is 2.44. The Morgan fingerprint density at radius 3 is 2.61 bits per heavy atom. The molecule has 94 valence electrons. The molecular weight excluding hydrogens is 252 g/mol. The summed E-state index contributed by atoms with van der Waals surface area (Å²) in [7, 11) is 0. The summed E-state index contributed by atoms with van der Waals surface area (Å²) in [5, 5.41) is 16.8. The molecule has 1 aromatic heterocycles. The zero-order chi connectivity index (χ0) is 13.3. The summed E-state index contributed by atoms with van der Waals surface area (Å²) in [6.07, 6.45) is 1.86. The molecule has 0 saturated heterocycles. The Hall–Kier alpha value is -1.67. The van der Waals surface area contributed by atoms with Crippen LogP contribution in [0, 0.1) is 11.3 Å². The van der Waals surface area contributed by atoms with Gasteiger partial charge in [0.15, 0.2) is 10.8 Å². The lowest BCUT2D eigenvalue weighted by atomic mass is 10.0. The monoisotopic (exact) mass is 264 g/mol. The molecule has 0 radical (unpaired) electrons. The molecule has 1 saturated carbocycles. The molecule has 0 aromatic carbocycles. The smallest absolute Gasteiger partial charge is 0.275 e. The first-order valence-electron chi connectivity index (χ1n) is 5.70. The molecule has 1 fully saturated rings. The maximum absolute atomic E-state index is 12.4. The number of nitriles is 1. The van der Waals surface area contributed by atoms with Crippen molar-refractivity contribution in [2.24, 2.45) is 0 Å². The molecule has 1 aliphatic rings. The Morgan fingerprint density at radius 2 is 2.17 bits per heavy atom. The number of rotatable bonds is 3. The highest BCUT2D eigenvalue weighted by molar-refractivity contribution is 6.29. The predicted octanol–water partition coefficient (Wildman–Crippen LogP) is 2.04. The summed E-state index contributed by atoms with van der Waals surface area (Å²) in [6.45, 7) is 3.46. The number of carbonyl (C=O) groups is 1. The molecule has 1 amide bonds. The molecular formula is C12H13ClN4O. The van der Waals surface area contributed by atoms with Gasteiger partial charge in [-0.05, 0) is 38.8 Å². The Balaban J connectivity index is 2.30. The summed E-state index contributed by atoms with van der Waals surface area (Å²) >= 11 is 5.64. The van der Waals surface area contributed by atoms with E-state index < -0.39 is 5.54 Å². The zero-order valence-electron chi connectivity index (χ0n) is 10.2. The van der Waals surface area contributed by atoms with E-state index in [1.54, 1.807) is 18.7 Å². The largest absolute Gasteiger partial charge is 0.316 e. The van der Waals surface area contributed by atoms with Gasteiger partial charge in [-0.3, -0.25) is 4.79 Å². The lowest BCUT2D eigenvalue weighted by Crippen LogP contribution is -2.48. The highest BCUT2D eigenvalue weighted by Crippen LogP contribution is 2.33. The van der Waals surface area contributed by atoms with Crippen LogP contribution < -0.4 is 0 Å². The molecule has 0 bridgehead atoms. The summed E-state index contributed by atoms with van der Waals surface area (Å²) in [4.78, 5) is 14.0. The van der Waals surface area contributed by atoms with Gasteiger partial charge in [-0.15, -0.1) is 10.2 Å². The normalized spacial score (nSPS) is 15.0. The number of carbonyl (C=O) groups excluding carboxylic acids is 1. The molecule has 0 atom stereocenters. The van der Waals surface area contributed by atoms with E-state index in [2.05, 4.69) is 16.3 Å². The van der Waals surface area contributed by atoms with Crippen LogP contribution in [0.3, 0.4) is 0 Å². The van der Waals surface area contributed by atoms with Crippen LogP contribution in [0.1, 0.15) is 37.2 Å². The molecule has 18 heavy (non-hydrogen) atoms. The van der Waals surface area contributed by atoms with E-state index in [9.17, 15) is 10.1 Å². The number of hydrogen-bond donors (Lipinski definition) is 0. The molecule has 0 aliphatic heterocycles. The molecule has 1 aliphatic carbocycles. The minimum Gasteiger partial charge on any atom is -0.316 e. The Morgan fingerprint density at radius 1 is 1.50 bits per heavy atom. The Bertz CT molecular complexity index is 502. The maximum Gasteiger partial charge on any atom is 0.275 e. The average Bonchev–Trinajstić information content (AvgIpc) is 3.14. The number of hydrogen-bond acceptors (Lipinski definition) is 4. The molecule has 0 unspecified atom stereocenters. The van der Waals surface area contributed by atoms with Crippen LogP contribution in [0.2, 0.25) is 5.15 Å². The molecule has 1 aromatic rings. The van der Waals surface area contributed by atoms with Crippen molar-refractivity contribution in [3.05, 3.63) is 23.0 Å². The van der Waals surface area contributed by atoms with Gasteiger partial charge in [0.25, 0.3) is 5.91 Å². The number of aromatic nitrogens is 2. The van der Waals surface area contributed by atoms with Crippen molar-refractivity contribution in [3.63, 3.8) is 0 Å². The van der Waals surface area contributed by atoms with Gasteiger partial charge in [0.2, 0.25) is 0 Å². The number of halogens is 1. The first-order chi connectivity index (χ1) is 8.45. The fourth-order valence-electron chi connectivity index (χ4n) is 1.82. The van der Waals surface area contributed by atoms with Gasteiger partial charge in [0.1, 0.15) is 5.54 Å². The second-order valence-corrected chi connectivity index (χ2v) is 5.21. The number of nitrogens with zero attached hydrogens (tertiary/aromatic N) is 4. The van der Waals surface area contributed by atoms with E-state index in [4.69, 9.17) is 11.6 Å². The third-order valence-corrected chi connectivity index (χ3v) is 3.06. The molecule has 0 N–H and O–H groups in total. The highest BCUT2D eigenvalue weighted by atomic mass is 35.5. The maximum atomic E-state index is 12.4. The first-order valence-corrected chi connectivity index (χ1v) is 6.07. The fourth-order valence-corrected chi connectivity index (χ4v) is 1.92. The van der Waals surface area contributed by atoms with Gasteiger partial charge in [0, 0.05) is 6.04 Å². The molecule has 2 rings (SSSR count). The lowest BCUT2D eigenvalue weighted by Gasteiger charge is -2.32. The van der Waals surface area contributed by atoms with E-state index in [1.165, 1.54) is 12.1 Å². The highest BCUT2D eigenvalue weighted by Gasteiger charge is 2.42. The van der Waals surface area contributed by atoms with Crippen LogP contribution in [0.4, 0.5) is 0 Å². The molecule has 6 heteroatoms. The minimum absolute atomic E-state index is 0.129. The van der Waals surface area contributed by atoms with Crippen LogP contribution in [0.5, 0.6) is 0 Å². The van der Waals surface area contributed by atoms with Crippen molar-refractivity contribution in [1.82, 2.24) is 15.1 Å². The van der Waals surface area contributed by atoms with Crippen LogP contribution in [0.25, 0.3) is 0 Å². The lowest BCUT2D eigenvalue weighted by molar-refractivity contribution is 0.0607. The van der Waals surface area contributed by atoms with Gasteiger partial charge in [-0.25, -0.2) is 0 Å². The van der Waals surface area contributed by atoms with Crippen molar-refractivity contribution in [2.75, 3.05) is 0 Å². The second-order valence-electron chi connectivity index (χ2n) is 4.82. The van der Waals surface area contributed by atoms with Crippen molar-refractivity contribution < 1.29 is 4.79 Å². The molecule has 0 spiro atoms. The first kappa shape index (κ1) is 12.8. The second kappa shape index (κ2) is 4.54. The standard InChI is InChI=1S/C12H13ClN4O/c1-12(2,7-14)17(8-3-4-8)11(18)9-5-6-10(13)16-15-9/h5-6,8H,3-4H2,1-2H3. The summed E-state index contributed by atoms with van der Waals surface area (Å²) in [5.41, 5.74) is -0.630. The minimum atomic E-state index is -0.848. The summed E-state index contributed by atoms with van der Waals surface area (Å²) in [6, 6.07) is 5.33. The van der Waals surface area contributed by atoms with Crippen molar-refractivity contribution in [3.8, 4) is 6.07 Å². The van der Waals surface area contributed by atoms with E-state index in [1.807, 2.05) is 0 Å². The van der Waals surface area contributed by atoms with Gasteiger partial charge in [0.05, 0.1) is 6.07 Å². The van der Waals surface area contributed by atoms with Crippen molar-refractivity contribution >= 4 is 17.5 Å². The predicted molar refractivity (Wildman–Crippen MR) is 65.9 cm³/mol. The van der Waals surface area contributed by atoms with Crippen LogP contribution in [-0.4, -0.2) is 32.6 Å². The fraction of sp³-hybridized carbons (Fsp3) is 0.500. The van der Waals surface area contributed by atoms with Gasteiger partial charge >= 0.3 is 0 Å². The van der Waals surface area contributed by atoms with Crippen LogP contribution in [-0.2, 0) is 0 Å². The Labute approximate surface area is 110 Å². The van der Waals surface area contributed by atoms with Crippen molar-refractivity contribution in [1.29, 1.82) is 5.26 Å². The van der Waals surface area contributed by atoms with Crippen molar-refractivity contribution in [2.45, 2.75) is 38.3 Å². The molecule has 1 heterocycles. The molecule has 5 nitrogen and oxygen atoms in total. The summed E-state index contributed by atoms with van der Waals surface area (Å²) < 4.78 is 0.